The molecular formula is C17H27NO4S. The second kappa shape index (κ2) is 7.07. The largest absolute Gasteiger partial charge is 0.455 e. The van der Waals surface area contributed by atoms with E-state index in [1.807, 2.05) is 4.90 Å². The zero-order chi connectivity index (χ0) is 17.2. The summed E-state index contributed by atoms with van der Waals surface area (Å²) in [7, 11) is -3.17. The van der Waals surface area contributed by atoms with Crippen molar-refractivity contribution < 1.29 is 17.6 Å². The third-order valence-corrected chi connectivity index (χ3v) is 5.33. The van der Waals surface area contributed by atoms with Gasteiger partial charge in [0.1, 0.15) is 11.5 Å². The Morgan fingerprint density at radius 1 is 1.30 bits per heavy atom. The van der Waals surface area contributed by atoms with Crippen LogP contribution in [-0.4, -0.2) is 38.1 Å². The molecule has 1 saturated heterocycles. The van der Waals surface area contributed by atoms with E-state index in [2.05, 4.69) is 20.8 Å². The van der Waals surface area contributed by atoms with Crippen molar-refractivity contribution in [3.63, 3.8) is 0 Å². The molecule has 1 aromatic rings. The first-order valence-corrected chi connectivity index (χ1v) is 10.3. The highest BCUT2D eigenvalue weighted by atomic mass is 32.2. The van der Waals surface area contributed by atoms with Crippen molar-refractivity contribution in [3.8, 4) is 0 Å². The quantitative estimate of drug-likeness (QED) is 0.844. The first kappa shape index (κ1) is 18.0. The first-order chi connectivity index (χ1) is 10.7. The maximum atomic E-state index is 12.8. The molecule has 1 fully saturated rings. The lowest BCUT2D eigenvalue weighted by Gasteiger charge is -2.32. The Hall–Kier alpha value is -1.30. The zero-order valence-electron chi connectivity index (χ0n) is 14.4. The molecule has 2 unspecified atom stereocenters. The summed E-state index contributed by atoms with van der Waals surface area (Å²) in [6, 6.07) is 3.38. The van der Waals surface area contributed by atoms with Crippen LogP contribution in [0.5, 0.6) is 0 Å². The number of nitrogens with zero attached hydrogens (tertiary/aromatic N) is 1. The van der Waals surface area contributed by atoms with Gasteiger partial charge >= 0.3 is 0 Å². The molecule has 1 aromatic heterocycles. The second-order valence-corrected chi connectivity index (χ2v) is 9.26. The molecule has 0 aromatic carbocycles. The van der Waals surface area contributed by atoms with Gasteiger partial charge in [0.05, 0.1) is 0 Å². The Morgan fingerprint density at radius 3 is 2.61 bits per heavy atom. The highest BCUT2D eigenvalue weighted by molar-refractivity contribution is 7.89. The van der Waals surface area contributed by atoms with Crippen molar-refractivity contribution in [2.24, 2.45) is 11.8 Å². The molecule has 1 amide bonds. The number of hydrogen-bond donors (Lipinski definition) is 0. The molecule has 2 rings (SSSR count). The van der Waals surface area contributed by atoms with Gasteiger partial charge in [-0.3, -0.25) is 4.79 Å². The maximum Gasteiger partial charge on any atom is 0.289 e. The van der Waals surface area contributed by atoms with Crippen molar-refractivity contribution in [2.45, 2.75) is 51.8 Å². The van der Waals surface area contributed by atoms with Crippen LogP contribution in [0.4, 0.5) is 0 Å². The molecule has 1 aliphatic heterocycles. The van der Waals surface area contributed by atoms with Crippen LogP contribution in [0.1, 0.15) is 56.3 Å². The first-order valence-electron chi connectivity index (χ1n) is 8.25. The third kappa shape index (κ3) is 4.83. The average Bonchev–Trinajstić information content (AvgIpc) is 2.77. The van der Waals surface area contributed by atoms with E-state index in [-0.39, 0.29) is 23.5 Å². The van der Waals surface area contributed by atoms with Crippen LogP contribution in [0.3, 0.4) is 0 Å². The molecule has 23 heavy (non-hydrogen) atoms. The predicted molar refractivity (Wildman–Crippen MR) is 89.9 cm³/mol. The number of rotatable bonds is 4. The van der Waals surface area contributed by atoms with Crippen LogP contribution < -0.4 is 0 Å². The van der Waals surface area contributed by atoms with E-state index in [0.29, 0.717) is 17.6 Å². The van der Waals surface area contributed by atoms with Crippen LogP contribution >= 0.6 is 0 Å². The number of likely N-dealkylation sites (tertiary alicyclic amines) is 1. The van der Waals surface area contributed by atoms with Gasteiger partial charge in [0.15, 0.2) is 15.6 Å². The fourth-order valence-corrected chi connectivity index (χ4v) is 3.87. The number of amides is 1. The SMILES string of the molecule is CC1CCC(C(C)C)N(C(=O)c2ccc(CS(C)(=O)=O)o2)CC1. The van der Waals surface area contributed by atoms with Gasteiger partial charge in [-0.05, 0) is 43.2 Å². The summed E-state index contributed by atoms with van der Waals surface area (Å²) in [5.74, 6) is 1.26. The van der Waals surface area contributed by atoms with E-state index in [1.165, 1.54) is 0 Å². The van der Waals surface area contributed by atoms with Gasteiger partial charge in [0, 0.05) is 18.8 Å². The maximum absolute atomic E-state index is 12.8. The van der Waals surface area contributed by atoms with Crippen LogP contribution in [-0.2, 0) is 15.6 Å². The molecule has 5 nitrogen and oxygen atoms in total. The van der Waals surface area contributed by atoms with Crippen molar-refractivity contribution in [3.05, 3.63) is 23.7 Å². The topological polar surface area (TPSA) is 67.6 Å². The van der Waals surface area contributed by atoms with Gasteiger partial charge < -0.3 is 9.32 Å². The highest BCUT2D eigenvalue weighted by Gasteiger charge is 2.31. The van der Waals surface area contributed by atoms with Crippen molar-refractivity contribution in [1.82, 2.24) is 4.90 Å². The summed E-state index contributed by atoms with van der Waals surface area (Å²) >= 11 is 0. The molecule has 0 radical (unpaired) electrons. The molecule has 0 bridgehead atoms. The zero-order valence-corrected chi connectivity index (χ0v) is 15.2. The summed E-state index contributed by atoms with van der Waals surface area (Å²) in [5, 5.41) is 0. The van der Waals surface area contributed by atoms with Gasteiger partial charge in [-0.2, -0.15) is 0 Å². The molecule has 1 aliphatic rings. The van der Waals surface area contributed by atoms with Crippen LogP contribution in [0.25, 0.3) is 0 Å². The number of sulfone groups is 1. The van der Waals surface area contributed by atoms with Gasteiger partial charge in [0.25, 0.3) is 5.91 Å². The summed E-state index contributed by atoms with van der Waals surface area (Å²) in [4.78, 5) is 14.7. The standard InChI is InChI=1S/C17H27NO4S/c1-12(2)15-7-5-13(3)9-10-18(15)17(19)16-8-6-14(22-16)11-23(4,20)21/h6,8,12-13,15H,5,7,9-11H2,1-4H3. The normalized spacial score (nSPS) is 23.1. The fraction of sp³-hybridized carbons (Fsp3) is 0.706. The molecule has 0 N–H and O–H groups in total. The Labute approximate surface area is 139 Å². The molecular weight excluding hydrogens is 314 g/mol. The lowest BCUT2D eigenvalue weighted by molar-refractivity contribution is 0.0597. The van der Waals surface area contributed by atoms with Crippen molar-refractivity contribution >= 4 is 15.7 Å². The Kier molecular flexibility index (Phi) is 5.55. The Morgan fingerprint density at radius 2 is 2.00 bits per heavy atom. The molecule has 0 saturated carbocycles. The number of carbonyl (C=O) groups excluding carboxylic acids is 1. The van der Waals surface area contributed by atoms with E-state index >= 15 is 0 Å². The average molecular weight is 341 g/mol. The number of furan rings is 1. The van der Waals surface area contributed by atoms with E-state index in [9.17, 15) is 13.2 Å². The molecule has 0 spiro atoms. The van der Waals surface area contributed by atoms with E-state index in [1.54, 1.807) is 12.1 Å². The third-order valence-electron chi connectivity index (χ3n) is 4.53. The summed E-state index contributed by atoms with van der Waals surface area (Å²) < 4.78 is 28.2. The van der Waals surface area contributed by atoms with Crippen LogP contribution in [0.2, 0.25) is 0 Å². The van der Waals surface area contributed by atoms with Crippen LogP contribution in [0, 0.1) is 11.8 Å². The number of hydrogen-bond acceptors (Lipinski definition) is 4. The fourth-order valence-electron chi connectivity index (χ4n) is 3.20. The van der Waals surface area contributed by atoms with E-state index in [4.69, 9.17) is 4.42 Å². The molecule has 2 atom stereocenters. The van der Waals surface area contributed by atoms with E-state index < -0.39 is 9.84 Å². The Balaban J connectivity index is 2.19. The van der Waals surface area contributed by atoms with Gasteiger partial charge in [-0.1, -0.05) is 20.8 Å². The summed E-state index contributed by atoms with van der Waals surface area (Å²) in [6.07, 6.45) is 4.28. The number of carbonyl (C=O) groups is 1. The lowest BCUT2D eigenvalue weighted by atomic mass is 9.95. The smallest absolute Gasteiger partial charge is 0.289 e. The lowest BCUT2D eigenvalue weighted by Crippen LogP contribution is -2.42. The second-order valence-electron chi connectivity index (χ2n) is 7.12. The monoisotopic (exact) mass is 341 g/mol. The van der Waals surface area contributed by atoms with Gasteiger partial charge in [-0.25, -0.2) is 8.42 Å². The minimum Gasteiger partial charge on any atom is -0.455 e. The molecule has 0 aliphatic carbocycles. The predicted octanol–water partition coefficient (Wildman–Crippen LogP) is 3.11. The van der Waals surface area contributed by atoms with Crippen molar-refractivity contribution in [2.75, 3.05) is 12.8 Å². The molecule has 130 valence electrons. The Bertz CT molecular complexity index is 647. The summed E-state index contributed by atoms with van der Waals surface area (Å²) in [6.45, 7) is 7.23. The minimum absolute atomic E-state index is 0.127. The van der Waals surface area contributed by atoms with E-state index in [0.717, 1.165) is 32.1 Å². The van der Waals surface area contributed by atoms with Crippen LogP contribution in [0.15, 0.2) is 16.5 Å². The summed E-state index contributed by atoms with van der Waals surface area (Å²) in [5.41, 5.74) is 0. The molecule has 2 heterocycles. The van der Waals surface area contributed by atoms with Gasteiger partial charge in [-0.15, -0.1) is 0 Å². The molecule has 6 heteroatoms. The minimum atomic E-state index is -3.17. The highest BCUT2D eigenvalue weighted by Crippen LogP contribution is 2.27. The van der Waals surface area contributed by atoms with Gasteiger partial charge in [0.2, 0.25) is 0 Å². The van der Waals surface area contributed by atoms with Crippen molar-refractivity contribution in [1.29, 1.82) is 0 Å².